The van der Waals surface area contributed by atoms with Crippen LogP contribution >= 0.6 is 0 Å². The number of aromatic nitrogens is 1. The average Bonchev–Trinajstić information content (AvgIpc) is 2.21. The Balaban J connectivity index is 2.26. The molecule has 0 spiro atoms. The number of nitrogens with two attached hydrogens (primary N) is 1. The van der Waals surface area contributed by atoms with Crippen LogP contribution in [0.4, 0.5) is 5.82 Å². The number of nitrogens with zero attached hydrogens (tertiary/aromatic N) is 1. The SMILES string of the molecule is COCC(=O)CCCc1ccc(N)nc1. The monoisotopic (exact) mass is 208 g/mol. The molecule has 1 aromatic rings. The highest BCUT2D eigenvalue weighted by Crippen LogP contribution is 2.06. The number of carbonyl (C=O) groups excluding carboxylic acids is 1. The third-order valence-corrected chi connectivity index (χ3v) is 2.07. The molecule has 4 heteroatoms. The molecule has 0 bridgehead atoms. The van der Waals surface area contributed by atoms with E-state index in [9.17, 15) is 4.79 Å². The smallest absolute Gasteiger partial charge is 0.158 e. The van der Waals surface area contributed by atoms with Crippen molar-refractivity contribution in [3.63, 3.8) is 0 Å². The van der Waals surface area contributed by atoms with Gasteiger partial charge >= 0.3 is 0 Å². The van der Waals surface area contributed by atoms with Crippen LogP contribution in [0.25, 0.3) is 0 Å². The number of hydrogen-bond acceptors (Lipinski definition) is 4. The van der Waals surface area contributed by atoms with Crippen LogP contribution in [0.2, 0.25) is 0 Å². The molecule has 0 atom stereocenters. The molecular formula is C11H16N2O2. The Hall–Kier alpha value is -1.42. The van der Waals surface area contributed by atoms with Crippen LogP contribution in [0.5, 0.6) is 0 Å². The number of methoxy groups -OCH3 is 1. The zero-order valence-corrected chi connectivity index (χ0v) is 8.90. The van der Waals surface area contributed by atoms with Gasteiger partial charge in [-0.15, -0.1) is 0 Å². The Kier molecular flexibility index (Phi) is 4.77. The van der Waals surface area contributed by atoms with E-state index in [4.69, 9.17) is 10.5 Å². The molecule has 0 amide bonds. The van der Waals surface area contributed by atoms with Crippen LogP contribution in [0, 0.1) is 0 Å². The third kappa shape index (κ3) is 4.56. The van der Waals surface area contributed by atoms with Gasteiger partial charge in [0, 0.05) is 19.7 Å². The van der Waals surface area contributed by atoms with Crippen molar-refractivity contribution in [3.05, 3.63) is 23.9 Å². The summed E-state index contributed by atoms with van der Waals surface area (Å²) < 4.78 is 4.74. The number of rotatable bonds is 6. The minimum absolute atomic E-state index is 0.140. The Morgan fingerprint density at radius 1 is 1.53 bits per heavy atom. The van der Waals surface area contributed by atoms with E-state index in [-0.39, 0.29) is 12.4 Å². The second-order valence-electron chi connectivity index (χ2n) is 3.42. The van der Waals surface area contributed by atoms with Crippen LogP contribution in [0.3, 0.4) is 0 Å². The summed E-state index contributed by atoms with van der Waals surface area (Å²) in [6, 6.07) is 3.70. The molecule has 1 aromatic heterocycles. The summed E-state index contributed by atoms with van der Waals surface area (Å²) in [5.74, 6) is 0.662. The quantitative estimate of drug-likeness (QED) is 0.763. The zero-order chi connectivity index (χ0) is 11.1. The van der Waals surface area contributed by atoms with Crippen LogP contribution in [0.15, 0.2) is 18.3 Å². The first-order chi connectivity index (χ1) is 7.22. The van der Waals surface area contributed by atoms with Crippen molar-refractivity contribution in [3.8, 4) is 0 Å². The molecular weight excluding hydrogens is 192 g/mol. The van der Waals surface area contributed by atoms with Crippen molar-refractivity contribution in [2.24, 2.45) is 0 Å². The lowest BCUT2D eigenvalue weighted by Crippen LogP contribution is -2.06. The average molecular weight is 208 g/mol. The van der Waals surface area contributed by atoms with E-state index >= 15 is 0 Å². The van der Waals surface area contributed by atoms with Gasteiger partial charge in [0.2, 0.25) is 0 Å². The van der Waals surface area contributed by atoms with Gasteiger partial charge in [0.05, 0.1) is 0 Å². The maximum atomic E-state index is 11.1. The molecule has 15 heavy (non-hydrogen) atoms. The van der Waals surface area contributed by atoms with Crippen molar-refractivity contribution in [1.29, 1.82) is 0 Å². The van der Waals surface area contributed by atoms with Gasteiger partial charge in [0.25, 0.3) is 0 Å². The fraction of sp³-hybridized carbons (Fsp3) is 0.455. The van der Waals surface area contributed by atoms with E-state index in [0.29, 0.717) is 12.2 Å². The summed E-state index contributed by atoms with van der Waals surface area (Å²) in [6.45, 7) is 0.208. The summed E-state index contributed by atoms with van der Waals surface area (Å²) in [6.07, 6.45) is 3.98. The van der Waals surface area contributed by atoms with Gasteiger partial charge in [-0.05, 0) is 24.5 Å². The number of Topliss-reactive ketones (excluding diaryl/α,β-unsaturated/α-hetero) is 1. The maximum absolute atomic E-state index is 11.1. The third-order valence-electron chi connectivity index (χ3n) is 2.07. The van der Waals surface area contributed by atoms with E-state index in [1.807, 2.05) is 6.07 Å². The van der Waals surface area contributed by atoms with Crippen molar-refractivity contribution < 1.29 is 9.53 Å². The molecule has 0 radical (unpaired) electrons. The molecule has 1 rings (SSSR count). The number of anilines is 1. The van der Waals surface area contributed by atoms with E-state index in [1.54, 1.807) is 12.3 Å². The lowest BCUT2D eigenvalue weighted by Gasteiger charge is -2.01. The molecule has 0 unspecified atom stereocenters. The number of hydrogen-bond donors (Lipinski definition) is 1. The van der Waals surface area contributed by atoms with Crippen LogP contribution in [-0.4, -0.2) is 24.5 Å². The Morgan fingerprint density at radius 3 is 2.93 bits per heavy atom. The minimum Gasteiger partial charge on any atom is -0.384 e. The van der Waals surface area contributed by atoms with E-state index < -0.39 is 0 Å². The Morgan fingerprint density at radius 2 is 2.33 bits per heavy atom. The molecule has 82 valence electrons. The van der Waals surface area contributed by atoms with Crippen LogP contribution in [0.1, 0.15) is 18.4 Å². The second kappa shape index (κ2) is 6.14. The van der Waals surface area contributed by atoms with Crippen molar-refractivity contribution in [2.45, 2.75) is 19.3 Å². The first-order valence-electron chi connectivity index (χ1n) is 4.93. The molecule has 0 saturated carbocycles. The van der Waals surface area contributed by atoms with Gasteiger partial charge in [-0.2, -0.15) is 0 Å². The number of nitrogen functional groups attached to an aromatic ring is 1. The number of aryl methyl sites for hydroxylation is 1. The lowest BCUT2D eigenvalue weighted by atomic mass is 10.1. The molecule has 0 aromatic carbocycles. The second-order valence-corrected chi connectivity index (χ2v) is 3.42. The van der Waals surface area contributed by atoms with Gasteiger partial charge in [-0.1, -0.05) is 6.07 Å². The van der Waals surface area contributed by atoms with Crippen LogP contribution in [-0.2, 0) is 16.0 Å². The summed E-state index contributed by atoms with van der Waals surface area (Å²) >= 11 is 0. The molecule has 0 aliphatic heterocycles. The zero-order valence-electron chi connectivity index (χ0n) is 8.90. The minimum atomic E-state index is 0.140. The fourth-order valence-corrected chi connectivity index (χ4v) is 1.31. The van der Waals surface area contributed by atoms with Crippen molar-refractivity contribution >= 4 is 11.6 Å². The predicted molar refractivity (Wildman–Crippen MR) is 58.5 cm³/mol. The highest BCUT2D eigenvalue weighted by Gasteiger charge is 2.01. The largest absolute Gasteiger partial charge is 0.384 e. The highest BCUT2D eigenvalue weighted by molar-refractivity contribution is 5.79. The van der Waals surface area contributed by atoms with Gasteiger partial charge in [0.15, 0.2) is 5.78 Å². The topological polar surface area (TPSA) is 65.2 Å². The highest BCUT2D eigenvalue weighted by atomic mass is 16.5. The fourth-order valence-electron chi connectivity index (χ4n) is 1.31. The van der Waals surface area contributed by atoms with Gasteiger partial charge in [-0.3, -0.25) is 4.79 Å². The Bertz CT molecular complexity index is 309. The molecule has 1 heterocycles. The van der Waals surface area contributed by atoms with Crippen molar-refractivity contribution in [2.75, 3.05) is 19.5 Å². The summed E-state index contributed by atoms with van der Waals surface area (Å²) in [5, 5.41) is 0. The predicted octanol–water partition coefficient (Wildman–Crippen LogP) is 1.20. The van der Waals surface area contributed by atoms with Gasteiger partial charge in [-0.25, -0.2) is 4.98 Å². The number of ketones is 1. The lowest BCUT2D eigenvalue weighted by molar-refractivity contribution is -0.122. The molecule has 4 nitrogen and oxygen atoms in total. The van der Waals surface area contributed by atoms with E-state index in [2.05, 4.69) is 4.98 Å². The van der Waals surface area contributed by atoms with Crippen molar-refractivity contribution in [1.82, 2.24) is 4.98 Å². The maximum Gasteiger partial charge on any atom is 0.158 e. The first-order valence-corrected chi connectivity index (χ1v) is 4.93. The molecule has 0 saturated heterocycles. The molecule has 2 N–H and O–H groups in total. The Labute approximate surface area is 89.5 Å². The molecule has 0 aliphatic rings. The number of pyridine rings is 1. The van der Waals surface area contributed by atoms with E-state index in [0.717, 1.165) is 18.4 Å². The summed E-state index contributed by atoms with van der Waals surface area (Å²) in [4.78, 5) is 15.1. The first kappa shape index (κ1) is 11.7. The summed E-state index contributed by atoms with van der Waals surface area (Å²) in [5.41, 5.74) is 6.57. The number of carbonyl (C=O) groups is 1. The molecule has 0 fully saturated rings. The molecule has 0 aliphatic carbocycles. The number of ether oxygens (including phenoxy) is 1. The van der Waals surface area contributed by atoms with Crippen LogP contribution < -0.4 is 5.73 Å². The van der Waals surface area contributed by atoms with E-state index in [1.165, 1.54) is 7.11 Å². The summed E-state index contributed by atoms with van der Waals surface area (Å²) in [7, 11) is 1.53. The van der Waals surface area contributed by atoms with Gasteiger partial charge in [0.1, 0.15) is 12.4 Å². The van der Waals surface area contributed by atoms with Gasteiger partial charge < -0.3 is 10.5 Å². The standard InChI is InChI=1S/C11H16N2O2/c1-15-8-10(14)4-2-3-9-5-6-11(12)13-7-9/h5-7H,2-4,8H2,1H3,(H2,12,13). The normalized spacial score (nSPS) is 10.2.